The predicted molar refractivity (Wildman–Crippen MR) is 56.6 cm³/mol. The van der Waals surface area contributed by atoms with Crippen LogP contribution in [0.15, 0.2) is 0 Å². The summed E-state index contributed by atoms with van der Waals surface area (Å²) in [5, 5.41) is 6.49. The van der Waals surface area contributed by atoms with Crippen LogP contribution in [-0.2, 0) is 9.47 Å². The molecule has 4 nitrogen and oxygen atoms in total. The molecule has 1 unspecified atom stereocenters. The molecule has 1 aliphatic heterocycles. The van der Waals surface area contributed by atoms with Crippen LogP contribution in [0.1, 0.15) is 13.8 Å². The summed E-state index contributed by atoms with van der Waals surface area (Å²) in [6, 6.07) is 0. The van der Waals surface area contributed by atoms with Crippen molar-refractivity contribution in [1.29, 1.82) is 0 Å². The van der Waals surface area contributed by atoms with E-state index in [-0.39, 0.29) is 11.7 Å². The van der Waals surface area contributed by atoms with Gasteiger partial charge in [-0.15, -0.1) is 0 Å². The first-order chi connectivity index (χ1) is 6.66. The summed E-state index contributed by atoms with van der Waals surface area (Å²) in [4.78, 5) is 0. The lowest BCUT2D eigenvalue weighted by atomic mass is 10.0. The molecule has 4 heteroatoms. The zero-order chi connectivity index (χ0) is 10.4. The van der Waals surface area contributed by atoms with Crippen LogP contribution >= 0.6 is 0 Å². The van der Waals surface area contributed by atoms with Crippen molar-refractivity contribution in [3.63, 3.8) is 0 Å². The summed E-state index contributed by atoms with van der Waals surface area (Å²) in [6.45, 7) is 8.68. The molecule has 0 aromatic rings. The minimum Gasteiger partial charge on any atom is -0.380 e. The fraction of sp³-hybridized carbons (Fsp3) is 1.00. The minimum absolute atomic E-state index is 0.0779. The first-order valence-electron chi connectivity index (χ1n) is 5.24. The molecule has 1 saturated heterocycles. The highest BCUT2D eigenvalue weighted by Crippen LogP contribution is 2.14. The number of hydrogen-bond acceptors (Lipinski definition) is 4. The largest absolute Gasteiger partial charge is 0.380 e. The summed E-state index contributed by atoms with van der Waals surface area (Å²) in [5.74, 6) is 0. The van der Waals surface area contributed by atoms with E-state index in [9.17, 15) is 0 Å². The van der Waals surface area contributed by atoms with Gasteiger partial charge in [0.2, 0.25) is 0 Å². The highest BCUT2D eigenvalue weighted by Gasteiger charge is 2.31. The molecule has 0 amide bonds. The average Bonchev–Trinajstić information content (AvgIpc) is 2.14. The van der Waals surface area contributed by atoms with Gasteiger partial charge >= 0.3 is 0 Å². The van der Waals surface area contributed by atoms with E-state index < -0.39 is 0 Å². The van der Waals surface area contributed by atoms with Crippen molar-refractivity contribution < 1.29 is 9.47 Å². The Labute approximate surface area is 86.3 Å². The van der Waals surface area contributed by atoms with Gasteiger partial charge in [0.1, 0.15) is 0 Å². The van der Waals surface area contributed by atoms with Crippen LogP contribution < -0.4 is 10.6 Å². The quantitative estimate of drug-likeness (QED) is 0.570. The fourth-order valence-corrected chi connectivity index (χ4v) is 1.34. The zero-order valence-corrected chi connectivity index (χ0v) is 9.43. The van der Waals surface area contributed by atoms with Crippen molar-refractivity contribution in [3.8, 4) is 0 Å². The lowest BCUT2D eigenvalue weighted by molar-refractivity contribution is -0.0651. The third-order valence-electron chi connectivity index (χ3n) is 2.56. The topological polar surface area (TPSA) is 42.5 Å². The third kappa shape index (κ3) is 3.92. The molecule has 0 aliphatic carbocycles. The molecular weight excluding hydrogens is 180 g/mol. The van der Waals surface area contributed by atoms with Crippen LogP contribution in [0.4, 0.5) is 0 Å². The molecule has 0 aromatic heterocycles. The van der Waals surface area contributed by atoms with Crippen LogP contribution in [0, 0.1) is 0 Å². The van der Waals surface area contributed by atoms with Crippen LogP contribution in [0.3, 0.4) is 0 Å². The highest BCUT2D eigenvalue weighted by atomic mass is 16.5. The Morgan fingerprint density at radius 1 is 1.50 bits per heavy atom. The molecule has 0 radical (unpaired) electrons. The minimum atomic E-state index is 0.0779. The van der Waals surface area contributed by atoms with Crippen LogP contribution in [-0.4, -0.2) is 51.6 Å². The van der Waals surface area contributed by atoms with Crippen molar-refractivity contribution in [1.82, 2.24) is 10.6 Å². The molecule has 1 fully saturated rings. The summed E-state index contributed by atoms with van der Waals surface area (Å²) in [5.41, 5.74) is 0.0779. The Bertz CT molecular complexity index is 160. The molecule has 0 spiro atoms. The van der Waals surface area contributed by atoms with E-state index in [0.29, 0.717) is 0 Å². The molecule has 1 atom stereocenters. The van der Waals surface area contributed by atoms with Gasteiger partial charge in [0.25, 0.3) is 0 Å². The molecule has 1 aliphatic rings. The smallest absolute Gasteiger partial charge is 0.0902 e. The van der Waals surface area contributed by atoms with E-state index in [2.05, 4.69) is 17.6 Å². The highest BCUT2D eigenvalue weighted by molar-refractivity contribution is 4.90. The second kappa shape index (κ2) is 5.66. The van der Waals surface area contributed by atoms with Crippen molar-refractivity contribution >= 4 is 0 Å². The maximum absolute atomic E-state index is 5.72. The van der Waals surface area contributed by atoms with E-state index in [1.165, 1.54) is 0 Å². The first kappa shape index (κ1) is 11.9. The van der Waals surface area contributed by atoms with E-state index in [0.717, 1.165) is 32.8 Å². The standard InChI is InChI=1S/C10H22N2O2/c1-9(13-3)6-11-4-5-14-10(2)7-12-8-10/h9,11-12H,4-8H2,1-3H3. The van der Waals surface area contributed by atoms with E-state index in [1.54, 1.807) is 7.11 Å². The van der Waals surface area contributed by atoms with Crippen molar-refractivity contribution in [2.75, 3.05) is 39.9 Å². The summed E-state index contributed by atoms with van der Waals surface area (Å²) in [6.07, 6.45) is 0.274. The van der Waals surface area contributed by atoms with Crippen LogP contribution in [0.25, 0.3) is 0 Å². The van der Waals surface area contributed by atoms with Crippen molar-refractivity contribution in [2.45, 2.75) is 25.6 Å². The summed E-state index contributed by atoms with van der Waals surface area (Å²) in [7, 11) is 1.73. The second-order valence-electron chi connectivity index (χ2n) is 4.15. The SMILES string of the molecule is COC(C)CNCCOC1(C)CNC1. The van der Waals surface area contributed by atoms with E-state index in [4.69, 9.17) is 9.47 Å². The normalized spacial score (nSPS) is 21.6. The predicted octanol–water partition coefficient (Wildman–Crippen LogP) is -0.0106. The number of rotatable bonds is 7. The monoisotopic (exact) mass is 202 g/mol. The number of methoxy groups -OCH3 is 1. The maximum atomic E-state index is 5.72. The maximum Gasteiger partial charge on any atom is 0.0902 e. The van der Waals surface area contributed by atoms with Gasteiger partial charge in [-0.2, -0.15) is 0 Å². The summed E-state index contributed by atoms with van der Waals surface area (Å²) >= 11 is 0. The van der Waals surface area contributed by atoms with Gasteiger partial charge in [-0.3, -0.25) is 0 Å². The molecule has 0 bridgehead atoms. The second-order valence-corrected chi connectivity index (χ2v) is 4.15. The Balaban J connectivity index is 1.89. The molecular formula is C10H22N2O2. The molecule has 14 heavy (non-hydrogen) atoms. The molecule has 0 aromatic carbocycles. The molecule has 2 N–H and O–H groups in total. The lowest BCUT2D eigenvalue weighted by Crippen LogP contribution is -2.59. The number of nitrogens with one attached hydrogen (secondary N) is 2. The van der Waals surface area contributed by atoms with E-state index in [1.807, 2.05) is 6.92 Å². The van der Waals surface area contributed by atoms with Gasteiger partial charge in [-0.1, -0.05) is 0 Å². The van der Waals surface area contributed by atoms with Crippen molar-refractivity contribution in [3.05, 3.63) is 0 Å². The molecule has 1 rings (SSSR count). The average molecular weight is 202 g/mol. The third-order valence-corrected chi connectivity index (χ3v) is 2.56. The Morgan fingerprint density at radius 2 is 2.21 bits per heavy atom. The fourth-order valence-electron chi connectivity index (χ4n) is 1.34. The van der Waals surface area contributed by atoms with Gasteiger partial charge in [0.05, 0.1) is 18.3 Å². The Morgan fingerprint density at radius 3 is 2.71 bits per heavy atom. The van der Waals surface area contributed by atoms with Gasteiger partial charge in [0, 0.05) is 33.3 Å². The number of hydrogen-bond donors (Lipinski definition) is 2. The Kier molecular flexibility index (Phi) is 4.81. The van der Waals surface area contributed by atoms with Crippen LogP contribution in [0.2, 0.25) is 0 Å². The molecule has 1 heterocycles. The van der Waals surface area contributed by atoms with Gasteiger partial charge in [-0.25, -0.2) is 0 Å². The van der Waals surface area contributed by atoms with Gasteiger partial charge in [0.15, 0.2) is 0 Å². The van der Waals surface area contributed by atoms with Crippen molar-refractivity contribution in [2.24, 2.45) is 0 Å². The zero-order valence-electron chi connectivity index (χ0n) is 9.43. The van der Waals surface area contributed by atoms with E-state index >= 15 is 0 Å². The first-order valence-corrected chi connectivity index (χ1v) is 5.24. The molecule has 0 saturated carbocycles. The molecule has 84 valence electrons. The van der Waals surface area contributed by atoms with Gasteiger partial charge in [-0.05, 0) is 13.8 Å². The number of ether oxygens (including phenoxy) is 2. The summed E-state index contributed by atoms with van der Waals surface area (Å²) < 4.78 is 10.8. The van der Waals surface area contributed by atoms with Crippen LogP contribution in [0.5, 0.6) is 0 Å². The van der Waals surface area contributed by atoms with Gasteiger partial charge < -0.3 is 20.1 Å². The lowest BCUT2D eigenvalue weighted by Gasteiger charge is -2.39. The Hall–Kier alpha value is -0.160.